The molecule has 0 bridgehead atoms. The number of fused-ring (bicyclic) bond motifs is 1. The average molecular weight is 327 g/mol. The zero-order valence-electron chi connectivity index (χ0n) is 12.5. The summed E-state index contributed by atoms with van der Waals surface area (Å²) in [4.78, 5) is 20.2. The minimum atomic E-state index is -4.32. The third-order valence-corrected chi connectivity index (χ3v) is 4.14. The van der Waals surface area contributed by atoms with Crippen molar-refractivity contribution >= 4 is 11.7 Å². The van der Waals surface area contributed by atoms with Gasteiger partial charge in [0.2, 0.25) is 5.82 Å². The van der Waals surface area contributed by atoms with Gasteiger partial charge in [0.05, 0.1) is 5.92 Å². The van der Waals surface area contributed by atoms with Crippen molar-refractivity contribution in [3.8, 4) is 0 Å². The van der Waals surface area contributed by atoms with Crippen molar-refractivity contribution in [1.82, 2.24) is 24.9 Å². The largest absolute Gasteiger partial charge is 0.393 e. The zero-order chi connectivity index (χ0) is 16.6. The van der Waals surface area contributed by atoms with Crippen molar-refractivity contribution in [2.75, 3.05) is 0 Å². The van der Waals surface area contributed by atoms with Gasteiger partial charge in [-0.3, -0.25) is 4.79 Å². The Morgan fingerprint density at radius 1 is 1.35 bits per heavy atom. The first-order valence-corrected chi connectivity index (χ1v) is 7.42. The lowest BCUT2D eigenvalue weighted by molar-refractivity contribution is -0.187. The van der Waals surface area contributed by atoms with Crippen LogP contribution >= 0.6 is 0 Å². The molecule has 1 amide bonds. The summed E-state index contributed by atoms with van der Waals surface area (Å²) >= 11 is 0. The highest BCUT2D eigenvalue weighted by Crippen LogP contribution is 2.37. The monoisotopic (exact) mass is 327 g/mol. The van der Waals surface area contributed by atoms with Gasteiger partial charge in [-0.25, -0.2) is 9.50 Å². The smallest absolute Gasteiger partial charge is 0.346 e. The van der Waals surface area contributed by atoms with Gasteiger partial charge in [0.25, 0.3) is 11.7 Å². The lowest BCUT2D eigenvalue weighted by Gasteiger charge is -2.33. The van der Waals surface area contributed by atoms with Crippen LogP contribution in [0.3, 0.4) is 0 Å². The highest BCUT2D eigenvalue weighted by atomic mass is 19.4. The van der Waals surface area contributed by atoms with Crippen LogP contribution in [-0.2, 0) is 0 Å². The van der Waals surface area contributed by atoms with Crippen molar-refractivity contribution in [1.29, 1.82) is 0 Å². The van der Waals surface area contributed by atoms with Crippen LogP contribution in [0, 0.1) is 12.8 Å². The number of aryl methyl sites for hydroxylation is 1. The van der Waals surface area contributed by atoms with Crippen molar-refractivity contribution in [2.45, 2.75) is 44.8 Å². The summed E-state index contributed by atoms with van der Waals surface area (Å²) in [6.07, 6.45) is -1.26. The number of halogens is 3. The molecular weight excluding hydrogens is 311 g/mol. The van der Waals surface area contributed by atoms with E-state index < -0.39 is 24.0 Å². The second-order valence-electron chi connectivity index (χ2n) is 5.75. The van der Waals surface area contributed by atoms with Crippen LogP contribution in [0.25, 0.3) is 5.78 Å². The molecule has 1 saturated carbocycles. The molecule has 2 atom stereocenters. The SMILES string of the molecule is Cc1ccnc2nc(C(=O)N[C@@H]3CCCC[C@@H]3C(F)(F)F)nn12. The van der Waals surface area contributed by atoms with Crippen molar-refractivity contribution < 1.29 is 18.0 Å². The van der Waals surface area contributed by atoms with E-state index in [1.54, 1.807) is 13.0 Å². The van der Waals surface area contributed by atoms with Gasteiger partial charge in [-0.2, -0.15) is 18.2 Å². The van der Waals surface area contributed by atoms with Crippen LogP contribution in [0.5, 0.6) is 0 Å². The number of hydrogen-bond acceptors (Lipinski definition) is 4. The van der Waals surface area contributed by atoms with Gasteiger partial charge in [-0.15, -0.1) is 5.10 Å². The van der Waals surface area contributed by atoms with Crippen molar-refractivity contribution in [3.63, 3.8) is 0 Å². The Kier molecular flexibility index (Phi) is 3.95. The first kappa shape index (κ1) is 15.7. The van der Waals surface area contributed by atoms with Gasteiger partial charge >= 0.3 is 6.18 Å². The Bertz CT molecular complexity index is 727. The number of carbonyl (C=O) groups excluding carboxylic acids is 1. The second kappa shape index (κ2) is 5.78. The molecule has 6 nitrogen and oxygen atoms in total. The van der Waals surface area contributed by atoms with E-state index in [9.17, 15) is 18.0 Å². The van der Waals surface area contributed by atoms with Gasteiger partial charge in [0, 0.05) is 17.9 Å². The number of carbonyl (C=O) groups is 1. The molecule has 0 aliphatic heterocycles. The minimum absolute atomic E-state index is 0.0354. The molecule has 0 saturated heterocycles. The fourth-order valence-corrected chi connectivity index (χ4v) is 2.93. The first-order valence-electron chi connectivity index (χ1n) is 7.42. The summed E-state index contributed by atoms with van der Waals surface area (Å²) in [6, 6.07) is 0.765. The minimum Gasteiger partial charge on any atom is -0.346 e. The van der Waals surface area contributed by atoms with Crippen LogP contribution in [0.4, 0.5) is 13.2 Å². The summed E-state index contributed by atoms with van der Waals surface area (Å²) in [7, 11) is 0. The molecule has 3 rings (SSSR count). The van der Waals surface area contributed by atoms with E-state index in [2.05, 4.69) is 20.4 Å². The highest BCUT2D eigenvalue weighted by molar-refractivity contribution is 5.91. The number of nitrogens with zero attached hydrogens (tertiary/aromatic N) is 4. The number of amides is 1. The van der Waals surface area contributed by atoms with Crippen molar-refractivity contribution in [2.24, 2.45) is 5.92 Å². The molecule has 0 spiro atoms. The number of aromatic nitrogens is 4. The van der Waals surface area contributed by atoms with Gasteiger partial charge in [0.1, 0.15) is 0 Å². The predicted octanol–water partition coefficient (Wildman–Crippen LogP) is 2.28. The molecule has 0 aromatic carbocycles. The summed E-state index contributed by atoms with van der Waals surface area (Å²) in [5.74, 6) is -2.14. The number of alkyl halides is 3. The molecular formula is C14H16F3N5O. The molecule has 1 aliphatic rings. The normalized spacial score (nSPS) is 22.3. The molecule has 1 aliphatic carbocycles. The highest BCUT2D eigenvalue weighted by Gasteiger charge is 2.46. The van der Waals surface area contributed by atoms with E-state index in [0.717, 1.165) is 5.69 Å². The van der Waals surface area contributed by atoms with Gasteiger partial charge in [-0.1, -0.05) is 12.8 Å². The average Bonchev–Trinajstić information content (AvgIpc) is 2.92. The molecule has 1 fully saturated rings. The summed E-state index contributed by atoms with van der Waals surface area (Å²) < 4.78 is 40.6. The quantitative estimate of drug-likeness (QED) is 0.918. The lowest BCUT2D eigenvalue weighted by Crippen LogP contribution is -2.47. The molecule has 23 heavy (non-hydrogen) atoms. The molecule has 0 unspecified atom stereocenters. The van der Waals surface area contributed by atoms with Crippen molar-refractivity contribution in [3.05, 3.63) is 23.8 Å². The summed E-state index contributed by atoms with van der Waals surface area (Å²) in [5.41, 5.74) is 0.729. The van der Waals surface area contributed by atoms with Gasteiger partial charge in [-0.05, 0) is 25.8 Å². The van der Waals surface area contributed by atoms with E-state index >= 15 is 0 Å². The van der Waals surface area contributed by atoms with Gasteiger partial charge in [0.15, 0.2) is 0 Å². The summed E-state index contributed by atoms with van der Waals surface area (Å²) in [6.45, 7) is 1.77. The molecule has 0 radical (unpaired) electrons. The lowest BCUT2D eigenvalue weighted by atomic mass is 9.84. The Morgan fingerprint density at radius 3 is 2.78 bits per heavy atom. The number of hydrogen-bond donors (Lipinski definition) is 1. The Morgan fingerprint density at radius 2 is 2.09 bits per heavy atom. The Balaban J connectivity index is 1.80. The third kappa shape index (κ3) is 3.13. The second-order valence-corrected chi connectivity index (χ2v) is 5.75. The molecule has 124 valence electrons. The summed E-state index contributed by atoms with van der Waals surface area (Å²) in [5, 5.41) is 6.46. The van der Waals surface area contributed by atoms with Crippen LogP contribution in [0.15, 0.2) is 12.3 Å². The van der Waals surface area contributed by atoms with Crippen LogP contribution in [0.1, 0.15) is 42.0 Å². The van der Waals surface area contributed by atoms with E-state index in [0.29, 0.717) is 19.3 Å². The zero-order valence-corrected chi connectivity index (χ0v) is 12.5. The number of nitrogens with one attached hydrogen (secondary N) is 1. The molecule has 1 N–H and O–H groups in total. The van der Waals surface area contributed by atoms with Crippen LogP contribution in [-0.4, -0.2) is 37.7 Å². The van der Waals surface area contributed by atoms with E-state index in [1.807, 2.05) is 0 Å². The van der Waals surface area contributed by atoms with Crippen LogP contribution < -0.4 is 5.32 Å². The molecule has 2 heterocycles. The Labute approximate surface area is 130 Å². The van der Waals surface area contributed by atoms with Gasteiger partial charge < -0.3 is 5.32 Å². The first-order chi connectivity index (χ1) is 10.9. The van der Waals surface area contributed by atoms with Crippen LogP contribution in [0.2, 0.25) is 0 Å². The predicted molar refractivity (Wildman–Crippen MR) is 74.8 cm³/mol. The number of rotatable bonds is 2. The topological polar surface area (TPSA) is 72.2 Å². The maximum absolute atomic E-state index is 13.1. The van der Waals surface area contributed by atoms with E-state index in [1.165, 1.54) is 10.7 Å². The fraction of sp³-hybridized carbons (Fsp3) is 0.571. The Hall–Kier alpha value is -2.19. The maximum atomic E-state index is 13.1. The molecule has 9 heteroatoms. The molecule has 2 aromatic rings. The fourth-order valence-electron chi connectivity index (χ4n) is 2.93. The standard InChI is InChI=1S/C14H16F3N5O/c1-8-6-7-18-13-20-11(21-22(8)13)12(23)19-10-5-3-2-4-9(10)14(15,16)17/h6-7,9-10H,2-5H2,1H3,(H,19,23)/t9-,10+/m0/s1. The molecule has 2 aromatic heterocycles. The van der Waals surface area contributed by atoms with E-state index in [-0.39, 0.29) is 18.0 Å². The maximum Gasteiger partial charge on any atom is 0.393 e. The third-order valence-electron chi connectivity index (χ3n) is 4.14. The van der Waals surface area contributed by atoms with E-state index in [4.69, 9.17) is 0 Å².